The maximum Gasteiger partial charge on any atom is 0.160 e. The van der Waals surface area contributed by atoms with Crippen LogP contribution >= 0.6 is 0 Å². The third-order valence-corrected chi connectivity index (χ3v) is 8.26. The second-order valence-electron chi connectivity index (χ2n) is 10.5. The van der Waals surface area contributed by atoms with E-state index in [1.54, 1.807) is 0 Å². The third kappa shape index (κ3) is 3.11. The molecule has 0 aliphatic heterocycles. The van der Waals surface area contributed by atoms with Gasteiger partial charge < -0.3 is 4.42 Å². The van der Waals surface area contributed by atoms with Gasteiger partial charge in [0.15, 0.2) is 5.58 Å². The number of aryl methyl sites for hydroxylation is 1. The molecule has 0 N–H and O–H groups in total. The summed E-state index contributed by atoms with van der Waals surface area (Å²) in [6, 6.07) is 40.3. The fourth-order valence-corrected chi connectivity index (χ4v) is 6.38. The molecule has 194 valence electrons. The monoisotopic (exact) mass is 528 g/mol. The largest absolute Gasteiger partial charge is 0.454 e. The van der Waals surface area contributed by atoms with E-state index >= 15 is 0 Å². The molecule has 5 aromatic carbocycles. The summed E-state index contributed by atoms with van der Waals surface area (Å²) in [5.41, 5.74) is 11.4. The number of pyridine rings is 1. The smallest absolute Gasteiger partial charge is 0.160 e. The Morgan fingerprint density at radius 1 is 0.634 bits per heavy atom. The molecule has 0 saturated heterocycles. The summed E-state index contributed by atoms with van der Waals surface area (Å²) in [7, 11) is 0. The van der Waals surface area contributed by atoms with Gasteiger partial charge in [-0.2, -0.15) is 0 Å². The van der Waals surface area contributed by atoms with Crippen molar-refractivity contribution in [1.29, 1.82) is 0 Å². The van der Waals surface area contributed by atoms with Gasteiger partial charge in [0.25, 0.3) is 0 Å². The van der Waals surface area contributed by atoms with Gasteiger partial charge in [-0.1, -0.05) is 73.7 Å². The lowest BCUT2D eigenvalue weighted by atomic mass is 10.0. The molecular weight excluding hydrogens is 504 g/mol. The van der Waals surface area contributed by atoms with Crippen molar-refractivity contribution in [1.82, 2.24) is 18.9 Å². The van der Waals surface area contributed by atoms with Crippen LogP contribution in [0.3, 0.4) is 0 Å². The molecule has 9 aromatic rings. The van der Waals surface area contributed by atoms with Gasteiger partial charge >= 0.3 is 0 Å². The number of imidazole rings is 2. The van der Waals surface area contributed by atoms with Crippen LogP contribution in [-0.2, 0) is 6.42 Å². The molecule has 0 radical (unpaired) electrons. The minimum Gasteiger partial charge on any atom is -0.454 e. The zero-order valence-electron chi connectivity index (χ0n) is 22.4. The predicted octanol–water partition coefficient (Wildman–Crippen LogP) is 9.11. The van der Waals surface area contributed by atoms with Gasteiger partial charge in [-0.15, -0.1) is 0 Å². The zero-order chi connectivity index (χ0) is 27.1. The zero-order valence-corrected chi connectivity index (χ0v) is 22.4. The van der Waals surface area contributed by atoms with E-state index in [0.717, 1.165) is 89.6 Å². The van der Waals surface area contributed by atoms with Crippen LogP contribution in [0, 0.1) is 0 Å². The lowest BCUT2D eigenvalue weighted by Crippen LogP contribution is -1.99. The lowest BCUT2D eigenvalue weighted by Gasteiger charge is -2.10. The van der Waals surface area contributed by atoms with Gasteiger partial charge in [0.2, 0.25) is 0 Å². The van der Waals surface area contributed by atoms with Crippen LogP contribution in [0.5, 0.6) is 0 Å². The van der Waals surface area contributed by atoms with E-state index in [1.165, 1.54) is 0 Å². The van der Waals surface area contributed by atoms with E-state index in [4.69, 9.17) is 14.4 Å². The van der Waals surface area contributed by atoms with Crippen molar-refractivity contribution >= 4 is 60.6 Å². The molecule has 0 bridgehead atoms. The Morgan fingerprint density at radius 2 is 1.32 bits per heavy atom. The second-order valence-corrected chi connectivity index (χ2v) is 10.5. The first-order valence-electron chi connectivity index (χ1n) is 14.0. The van der Waals surface area contributed by atoms with Crippen LogP contribution in [0.4, 0.5) is 0 Å². The Kier molecular flexibility index (Phi) is 4.53. The fourth-order valence-electron chi connectivity index (χ4n) is 6.38. The Morgan fingerprint density at radius 3 is 2.12 bits per heavy atom. The Balaban J connectivity index is 1.27. The summed E-state index contributed by atoms with van der Waals surface area (Å²) < 4.78 is 11.1. The maximum absolute atomic E-state index is 6.56. The first kappa shape index (κ1) is 22.4. The summed E-state index contributed by atoms with van der Waals surface area (Å²) in [6.45, 7) is 2.15. The molecule has 0 unspecified atom stereocenters. The quantitative estimate of drug-likeness (QED) is 0.230. The standard InChI is InChI=1S/C36H24N4O/c1-2-33-37-28-11-5-7-13-30(28)39(33)24-18-15-22(16-19-24)23-17-20-32-27(21-23)34-35(41-32)25-9-3-4-10-26(25)36-38-29-12-6-8-14-31(29)40(34)36/h3-21H,2H2,1H3. The molecule has 0 atom stereocenters. The van der Waals surface area contributed by atoms with Crippen LogP contribution in [-0.4, -0.2) is 18.9 Å². The third-order valence-electron chi connectivity index (χ3n) is 8.26. The minimum atomic E-state index is 0.868. The average Bonchev–Trinajstić information content (AvgIpc) is 3.72. The number of aromatic nitrogens is 4. The number of fused-ring (bicyclic) bond motifs is 11. The van der Waals surface area contributed by atoms with Crippen LogP contribution in [0.2, 0.25) is 0 Å². The second kappa shape index (κ2) is 8.29. The van der Waals surface area contributed by atoms with Gasteiger partial charge in [-0.05, 0) is 59.7 Å². The van der Waals surface area contributed by atoms with Crippen molar-refractivity contribution < 1.29 is 4.42 Å². The highest BCUT2D eigenvalue weighted by Gasteiger charge is 2.19. The lowest BCUT2D eigenvalue weighted by molar-refractivity contribution is 0.672. The molecule has 4 aromatic heterocycles. The van der Waals surface area contributed by atoms with E-state index in [2.05, 4.69) is 119 Å². The number of nitrogens with zero attached hydrogens (tertiary/aromatic N) is 4. The molecule has 5 heteroatoms. The highest BCUT2D eigenvalue weighted by atomic mass is 16.3. The van der Waals surface area contributed by atoms with Crippen molar-refractivity contribution in [2.45, 2.75) is 13.3 Å². The maximum atomic E-state index is 6.56. The minimum absolute atomic E-state index is 0.868. The highest BCUT2D eigenvalue weighted by Crippen LogP contribution is 2.39. The van der Waals surface area contributed by atoms with Gasteiger partial charge in [0.1, 0.15) is 22.6 Å². The summed E-state index contributed by atoms with van der Waals surface area (Å²) in [4.78, 5) is 9.90. The molecule has 0 saturated carbocycles. The van der Waals surface area contributed by atoms with Crippen molar-refractivity contribution in [3.05, 3.63) is 121 Å². The summed E-state index contributed by atoms with van der Waals surface area (Å²) in [6.07, 6.45) is 0.868. The molecular formula is C36H24N4O. The number of furan rings is 1. The van der Waals surface area contributed by atoms with Crippen molar-refractivity contribution in [2.24, 2.45) is 0 Å². The number of hydrogen-bond acceptors (Lipinski definition) is 3. The topological polar surface area (TPSA) is 48.3 Å². The van der Waals surface area contributed by atoms with E-state index in [9.17, 15) is 0 Å². The number of benzene rings is 5. The normalized spacial score (nSPS) is 12.1. The van der Waals surface area contributed by atoms with E-state index in [0.29, 0.717) is 0 Å². The molecule has 0 aliphatic carbocycles. The first-order chi connectivity index (χ1) is 20.3. The fraction of sp³-hybridized carbons (Fsp3) is 0.0556. The predicted molar refractivity (Wildman–Crippen MR) is 167 cm³/mol. The summed E-state index contributed by atoms with van der Waals surface area (Å²) in [5.74, 6) is 1.06. The van der Waals surface area contributed by atoms with E-state index in [1.807, 2.05) is 12.1 Å². The molecule has 4 heterocycles. The van der Waals surface area contributed by atoms with E-state index in [-0.39, 0.29) is 0 Å². The molecule has 0 spiro atoms. The van der Waals surface area contributed by atoms with Crippen molar-refractivity contribution in [3.8, 4) is 16.8 Å². The number of para-hydroxylation sites is 4. The Labute approximate surface area is 234 Å². The SMILES string of the molecule is CCc1nc2ccccc2n1-c1ccc(-c2ccc3oc4c5ccccc5c5nc6ccccc6n5c4c3c2)cc1. The number of hydrogen-bond donors (Lipinski definition) is 0. The molecule has 5 nitrogen and oxygen atoms in total. The highest BCUT2D eigenvalue weighted by molar-refractivity contribution is 6.19. The van der Waals surface area contributed by atoms with Crippen LogP contribution in [0.25, 0.3) is 77.4 Å². The molecule has 0 fully saturated rings. The molecule has 41 heavy (non-hydrogen) atoms. The van der Waals surface area contributed by atoms with Crippen LogP contribution in [0.15, 0.2) is 120 Å². The van der Waals surface area contributed by atoms with Crippen LogP contribution < -0.4 is 0 Å². The summed E-state index contributed by atoms with van der Waals surface area (Å²) in [5, 5.41) is 3.24. The van der Waals surface area contributed by atoms with Crippen molar-refractivity contribution in [2.75, 3.05) is 0 Å². The molecule has 0 amide bonds. The summed E-state index contributed by atoms with van der Waals surface area (Å²) >= 11 is 0. The Bertz CT molecular complexity index is 2460. The van der Waals surface area contributed by atoms with Gasteiger partial charge in [0.05, 0.1) is 22.1 Å². The van der Waals surface area contributed by atoms with Gasteiger partial charge in [-0.3, -0.25) is 8.97 Å². The number of rotatable bonds is 3. The first-order valence-corrected chi connectivity index (χ1v) is 14.0. The van der Waals surface area contributed by atoms with Gasteiger partial charge in [0, 0.05) is 28.3 Å². The van der Waals surface area contributed by atoms with E-state index < -0.39 is 0 Å². The van der Waals surface area contributed by atoms with Gasteiger partial charge in [-0.25, -0.2) is 9.97 Å². The Hall–Kier alpha value is -5.42. The average molecular weight is 529 g/mol. The van der Waals surface area contributed by atoms with Crippen molar-refractivity contribution in [3.63, 3.8) is 0 Å². The molecule has 9 rings (SSSR count). The van der Waals surface area contributed by atoms with Crippen LogP contribution in [0.1, 0.15) is 12.7 Å². The molecule has 0 aliphatic rings.